The third kappa shape index (κ3) is 4.64. The Morgan fingerprint density at radius 1 is 1.17 bits per heavy atom. The number of hydrogen-bond acceptors (Lipinski definition) is 4. The fraction of sp³-hybridized carbons (Fsp3) is 0.500. The molecule has 0 spiro atoms. The van der Waals surface area contributed by atoms with Crippen molar-refractivity contribution < 1.29 is 9.18 Å². The van der Waals surface area contributed by atoms with Crippen LogP contribution in [0, 0.1) is 18.7 Å². The Bertz CT molecular complexity index is 867. The fourth-order valence-electron chi connectivity index (χ4n) is 4.78. The zero-order valence-electron chi connectivity index (χ0n) is 17.9. The van der Waals surface area contributed by atoms with E-state index in [2.05, 4.69) is 39.0 Å². The molecule has 2 saturated heterocycles. The number of pyridine rings is 1. The molecule has 5 nitrogen and oxygen atoms in total. The lowest BCUT2D eigenvalue weighted by atomic mass is 9.94. The van der Waals surface area contributed by atoms with Crippen LogP contribution in [-0.2, 0) is 11.3 Å². The number of hydrogen-bond donors (Lipinski definition) is 0. The zero-order chi connectivity index (χ0) is 21.1. The topological polar surface area (TPSA) is 39.7 Å². The standard InChI is InChI=1S/C24H31FN4O/c1-18-14-21(25)15-26-23(18)29-12-8-20(9-13-29)24(30)27(2)22-10-11-28(17-22)16-19-6-4-3-5-7-19/h3-7,14-15,20,22H,8-13,16-17H2,1-2H3/t22-/m0/s1. The third-order valence-corrected chi connectivity index (χ3v) is 6.55. The Balaban J connectivity index is 1.29. The molecule has 2 aliphatic rings. The van der Waals surface area contributed by atoms with Crippen LogP contribution in [0.1, 0.15) is 30.4 Å². The summed E-state index contributed by atoms with van der Waals surface area (Å²) in [6, 6.07) is 12.3. The number of likely N-dealkylation sites (tertiary alicyclic amines) is 1. The number of halogens is 1. The van der Waals surface area contributed by atoms with Gasteiger partial charge in [0.15, 0.2) is 0 Å². The van der Waals surface area contributed by atoms with Crippen molar-refractivity contribution in [2.75, 3.05) is 38.1 Å². The second kappa shape index (κ2) is 9.13. The Hall–Kier alpha value is -2.47. The maximum Gasteiger partial charge on any atom is 0.225 e. The molecule has 1 amide bonds. The molecule has 2 aliphatic heterocycles. The number of nitrogens with zero attached hydrogens (tertiary/aromatic N) is 4. The number of likely N-dealkylation sites (N-methyl/N-ethyl adjacent to an activating group) is 1. The minimum Gasteiger partial charge on any atom is -0.356 e. The quantitative estimate of drug-likeness (QED) is 0.757. The first kappa shape index (κ1) is 20.8. The molecule has 2 fully saturated rings. The van der Waals surface area contributed by atoms with E-state index in [4.69, 9.17) is 0 Å². The average Bonchev–Trinajstić information content (AvgIpc) is 3.22. The molecule has 160 valence electrons. The molecule has 0 N–H and O–H groups in total. The molecule has 4 rings (SSSR count). The monoisotopic (exact) mass is 410 g/mol. The van der Waals surface area contributed by atoms with E-state index in [1.54, 1.807) is 0 Å². The highest BCUT2D eigenvalue weighted by atomic mass is 19.1. The molecule has 6 heteroatoms. The third-order valence-electron chi connectivity index (χ3n) is 6.55. The van der Waals surface area contributed by atoms with E-state index in [0.717, 1.165) is 63.4 Å². The van der Waals surface area contributed by atoms with E-state index >= 15 is 0 Å². The molecular formula is C24H31FN4O. The number of anilines is 1. The van der Waals surface area contributed by atoms with Crippen molar-refractivity contribution in [1.29, 1.82) is 0 Å². The van der Waals surface area contributed by atoms with Crippen LogP contribution in [0.5, 0.6) is 0 Å². The molecular weight excluding hydrogens is 379 g/mol. The molecule has 0 radical (unpaired) electrons. The highest BCUT2D eigenvalue weighted by Crippen LogP contribution is 2.27. The van der Waals surface area contributed by atoms with Gasteiger partial charge < -0.3 is 9.80 Å². The summed E-state index contributed by atoms with van der Waals surface area (Å²) in [5.41, 5.74) is 2.17. The smallest absolute Gasteiger partial charge is 0.225 e. The second-order valence-corrected chi connectivity index (χ2v) is 8.67. The largest absolute Gasteiger partial charge is 0.356 e. The van der Waals surface area contributed by atoms with Gasteiger partial charge in [-0.1, -0.05) is 30.3 Å². The van der Waals surface area contributed by atoms with Crippen LogP contribution in [0.25, 0.3) is 0 Å². The van der Waals surface area contributed by atoms with E-state index < -0.39 is 0 Å². The summed E-state index contributed by atoms with van der Waals surface area (Å²) in [5, 5.41) is 0. The number of aromatic nitrogens is 1. The SMILES string of the molecule is Cc1cc(F)cnc1N1CCC(C(=O)N(C)[C@H]2CCN(Cc3ccccc3)C2)CC1. The number of benzene rings is 1. The van der Waals surface area contributed by atoms with Crippen molar-refractivity contribution in [3.05, 3.63) is 59.5 Å². The van der Waals surface area contributed by atoms with E-state index in [1.165, 1.54) is 17.8 Å². The Morgan fingerprint density at radius 2 is 1.90 bits per heavy atom. The average molecular weight is 411 g/mol. The van der Waals surface area contributed by atoms with Crippen molar-refractivity contribution in [3.8, 4) is 0 Å². The summed E-state index contributed by atoms with van der Waals surface area (Å²) in [6.07, 6.45) is 3.95. The summed E-state index contributed by atoms with van der Waals surface area (Å²) in [6.45, 7) is 6.38. The van der Waals surface area contributed by atoms with Crippen molar-refractivity contribution in [2.45, 2.75) is 38.8 Å². The molecule has 1 atom stereocenters. The summed E-state index contributed by atoms with van der Waals surface area (Å²) in [7, 11) is 1.97. The first-order chi connectivity index (χ1) is 14.5. The number of amides is 1. The first-order valence-electron chi connectivity index (χ1n) is 10.9. The van der Waals surface area contributed by atoms with Crippen molar-refractivity contribution in [2.24, 2.45) is 5.92 Å². The second-order valence-electron chi connectivity index (χ2n) is 8.67. The van der Waals surface area contributed by atoms with Crippen LogP contribution >= 0.6 is 0 Å². The maximum atomic E-state index is 13.3. The minimum absolute atomic E-state index is 0.0650. The van der Waals surface area contributed by atoms with Crippen molar-refractivity contribution >= 4 is 11.7 Å². The van der Waals surface area contributed by atoms with Gasteiger partial charge in [-0.05, 0) is 43.4 Å². The fourth-order valence-corrected chi connectivity index (χ4v) is 4.78. The summed E-state index contributed by atoms with van der Waals surface area (Å²) in [5.74, 6) is 0.865. The normalized spacial score (nSPS) is 20.5. The summed E-state index contributed by atoms with van der Waals surface area (Å²) in [4.78, 5) is 24.0. The molecule has 0 unspecified atom stereocenters. The molecule has 0 bridgehead atoms. The van der Waals surface area contributed by atoms with E-state index in [1.807, 2.05) is 24.9 Å². The van der Waals surface area contributed by atoms with Gasteiger partial charge in [-0.15, -0.1) is 0 Å². The predicted molar refractivity (Wildman–Crippen MR) is 117 cm³/mol. The first-order valence-corrected chi connectivity index (χ1v) is 10.9. The summed E-state index contributed by atoms with van der Waals surface area (Å²) < 4.78 is 13.3. The highest BCUT2D eigenvalue weighted by Gasteiger charge is 2.33. The Kier molecular flexibility index (Phi) is 6.32. The molecule has 1 aromatic carbocycles. The van der Waals surface area contributed by atoms with Gasteiger partial charge in [-0.25, -0.2) is 9.37 Å². The minimum atomic E-state index is -0.305. The number of rotatable bonds is 5. The Labute approximate surface area is 178 Å². The van der Waals surface area contributed by atoms with Crippen LogP contribution < -0.4 is 4.90 Å². The van der Waals surface area contributed by atoms with E-state index in [-0.39, 0.29) is 17.6 Å². The molecule has 0 aliphatic carbocycles. The van der Waals surface area contributed by atoms with E-state index in [9.17, 15) is 9.18 Å². The van der Waals surface area contributed by atoms with Gasteiger partial charge in [0, 0.05) is 51.7 Å². The Morgan fingerprint density at radius 3 is 2.60 bits per heavy atom. The molecule has 1 aromatic heterocycles. The number of carbonyl (C=O) groups excluding carboxylic acids is 1. The lowest BCUT2D eigenvalue weighted by Gasteiger charge is -2.36. The molecule has 2 aromatic rings. The van der Waals surface area contributed by atoms with Crippen LogP contribution in [0.4, 0.5) is 10.2 Å². The predicted octanol–water partition coefficient (Wildman–Crippen LogP) is 3.48. The van der Waals surface area contributed by atoms with Crippen molar-refractivity contribution in [1.82, 2.24) is 14.8 Å². The van der Waals surface area contributed by atoms with Gasteiger partial charge >= 0.3 is 0 Å². The maximum absolute atomic E-state index is 13.3. The van der Waals surface area contributed by atoms with Crippen LogP contribution in [-0.4, -0.2) is 60.0 Å². The van der Waals surface area contributed by atoms with Gasteiger partial charge in [0.1, 0.15) is 11.6 Å². The van der Waals surface area contributed by atoms with Crippen LogP contribution in [0.3, 0.4) is 0 Å². The van der Waals surface area contributed by atoms with Gasteiger partial charge in [0.25, 0.3) is 0 Å². The van der Waals surface area contributed by atoms with E-state index in [0.29, 0.717) is 6.04 Å². The molecule has 30 heavy (non-hydrogen) atoms. The van der Waals surface area contributed by atoms with Gasteiger partial charge in [-0.2, -0.15) is 0 Å². The van der Waals surface area contributed by atoms with Gasteiger partial charge in [-0.3, -0.25) is 9.69 Å². The lowest BCUT2D eigenvalue weighted by Crippen LogP contribution is -2.46. The number of aryl methyl sites for hydroxylation is 1. The lowest BCUT2D eigenvalue weighted by molar-refractivity contribution is -0.136. The van der Waals surface area contributed by atoms with Crippen LogP contribution in [0.2, 0.25) is 0 Å². The summed E-state index contributed by atoms with van der Waals surface area (Å²) >= 11 is 0. The molecule has 3 heterocycles. The molecule has 0 saturated carbocycles. The van der Waals surface area contributed by atoms with Crippen LogP contribution in [0.15, 0.2) is 42.6 Å². The highest BCUT2D eigenvalue weighted by molar-refractivity contribution is 5.79. The van der Waals surface area contributed by atoms with Gasteiger partial charge in [0.05, 0.1) is 6.20 Å². The number of piperidine rings is 1. The van der Waals surface area contributed by atoms with Crippen molar-refractivity contribution in [3.63, 3.8) is 0 Å². The number of carbonyl (C=O) groups is 1. The zero-order valence-corrected chi connectivity index (χ0v) is 17.9. The van der Waals surface area contributed by atoms with Gasteiger partial charge in [0.2, 0.25) is 5.91 Å².